The van der Waals surface area contributed by atoms with Gasteiger partial charge in [0.2, 0.25) is 0 Å². The van der Waals surface area contributed by atoms with Gasteiger partial charge in [-0.3, -0.25) is 4.79 Å². The van der Waals surface area contributed by atoms with Gasteiger partial charge in [-0.1, -0.05) is 11.8 Å². The molecule has 1 unspecified atom stereocenters. The zero-order chi connectivity index (χ0) is 12.8. The minimum atomic E-state index is -2.51. The molecule has 1 heterocycles. The third-order valence-electron chi connectivity index (χ3n) is 2.11. The van der Waals surface area contributed by atoms with Gasteiger partial charge >= 0.3 is 0 Å². The third-order valence-corrected chi connectivity index (χ3v) is 3.93. The molecule has 1 rings (SSSR count). The van der Waals surface area contributed by atoms with Crippen molar-refractivity contribution in [2.75, 3.05) is 13.6 Å². The fourth-order valence-electron chi connectivity index (χ4n) is 1.08. The summed E-state index contributed by atoms with van der Waals surface area (Å²) in [6, 6.07) is 1.68. The molecular weight excluding hydrogens is 266 g/mol. The average Bonchev–Trinajstić information content (AvgIpc) is 2.72. The molecule has 1 aromatic heterocycles. The van der Waals surface area contributed by atoms with E-state index in [4.69, 9.17) is 0 Å². The van der Waals surface area contributed by atoms with Crippen LogP contribution in [0, 0.1) is 0 Å². The molecule has 0 saturated heterocycles. The van der Waals surface area contributed by atoms with Crippen LogP contribution < -0.4 is 10.6 Å². The van der Waals surface area contributed by atoms with E-state index in [0.29, 0.717) is 28.1 Å². The van der Waals surface area contributed by atoms with Gasteiger partial charge in [-0.05, 0) is 25.4 Å². The Morgan fingerprint density at radius 1 is 1.59 bits per heavy atom. The summed E-state index contributed by atoms with van der Waals surface area (Å²) >= 11 is 1.57. The van der Waals surface area contributed by atoms with Crippen LogP contribution in [0.15, 0.2) is 16.3 Å². The normalized spacial score (nSPS) is 12.8. The van der Waals surface area contributed by atoms with Gasteiger partial charge in [0.1, 0.15) is 4.88 Å². The van der Waals surface area contributed by atoms with Gasteiger partial charge in [0.05, 0.1) is 0 Å². The molecule has 0 radical (unpaired) electrons. The summed E-state index contributed by atoms with van der Waals surface area (Å²) in [7, 11) is 1.79. The monoisotopic (exact) mass is 280 g/mol. The highest BCUT2D eigenvalue weighted by Crippen LogP contribution is 2.31. The number of alkyl halides is 2. The molecule has 2 N–H and O–H groups in total. The van der Waals surface area contributed by atoms with Crippen LogP contribution in [0.3, 0.4) is 0 Å². The second kappa shape index (κ2) is 6.93. The number of thiophene rings is 1. The first kappa shape index (κ1) is 14.4. The maximum absolute atomic E-state index is 12.2. The Kier molecular flexibility index (Phi) is 5.87. The first-order valence-corrected chi connectivity index (χ1v) is 6.78. The van der Waals surface area contributed by atoms with Gasteiger partial charge in [0.25, 0.3) is 11.7 Å². The van der Waals surface area contributed by atoms with Crippen molar-refractivity contribution in [1.82, 2.24) is 10.6 Å². The van der Waals surface area contributed by atoms with Crippen molar-refractivity contribution < 1.29 is 13.6 Å². The molecule has 1 aromatic rings. The van der Waals surface area contributed by atoms with E-state index in [9.17, 15) is 13.6 Å². The first-order valence-electron chi connectivity index (χ1n) is 5.02. The number of halogens is 2. The van der Waals surface area contributed by atoms with Crippen molar-refractivity contribution in [2.24, 2.45) is 0 Å². The Hall–Kier alpha value is -0.660. The molecule has 0 spiro atoms. The van der Waals surface area contributed by atoms with Gasteiger partial charge in [0, 0.05) is 17.5 Å². The quantitative estimate of drug-likeness (QED) is 0.786. The Morgan fingerprint density at radius 3 is 2.88 bits per heavy atom. The van der Waals surface area contributed by atoms with Crippen LogP contribution in [-0.2, 0) is 0 Å². The largest absolute Gasteiger partial charge is 0.350 e. The molecule has 0 aliphatic rings. The van der Waals surface area contributed by atoms with Crippen LogP contribution in [-0.4, -0.2) is 31.3 Å². The number of likely N-dealkylation sites (N-methyl/N-ethyl adjacent to an activating group) is 1. The number of carbonyl (C=O) groups excluding carboxylic acids is 1. The van der Waals surface area contributed by atoms with Gasteiger partial charge in [-0.2, -0.15) is 8.78 Å². The summed E-state index contributed by atoms with van der Waals surface area (Å²) in [6.07, 6.45) is 0. The average molecular weight is 280 g/mol. The Morgan fingerprint density at radius 2 is 2.29 bits per heavy atom. The minimum absolute atomic E-state index is 0.144. The van der Waals surface area contributed by atoms with Crippen LogP contribution >= 0.6 is 23.1 Å². The second-order valence-corrected chi connectivity index (χ2v) is 5.34. The topological polar surface area (TPSA) is 41.1 Å². The van der Waals surface area contributed by atoms with Crippen molar-refractivity contribution in [3.63, 3.8) is 0 Å². The highest BCUT2D eigenvalue weighted by Gasteiger charge is 2.17. The predicted octanol–water partition coefficient (Wildman–Crippen LogP) is 2.40. The highest BCUT2D eigenvalue weighted by molar-refractivity contribution is 7.99. The fourth-order valence-corrected chi connectivity index (χ4v) is 2.70. The standard InChI is InChI=1S/C10H14F2N2OS2/c1-6(13-2)5-14-9(15)8-7(3-4-16-8)17-10(11)12/h3-4,6,10,13H,5H2,1-2H3,(H,14,15). The number of nitrogens with one attached hydrogen (secondary N) is 2. The van der Waals surface area contributed by atoms with E-state index in [1.165, 1.54) is 17.4 Å². The third kappa shape index (κ3) is 4.61. The molecule has 0 fully saturated rings. The lowest BCUT2D eigenvalue weighted by Gasteiger charge is -2.11. The number of hydrogen-bond donors (Lipinski definition) is 2. The maximum Gasteiger partial charge on any atom is 0.288 e. The molecule has 3 nitrogen and oxygen atoms in total. The summed E-state index contributed by atoms with van der Waals surface area (Å²) in [4.78, 5) is 12.4. The van der Waals surface area contributed by atoms with Gasteiger partial charge in [-0.15, -0.1) is 11.3 Å². The fraction of sp³-hybridized carbons (Fsp3) is 0.500. The molecule has 0 bridgehead atoms. The van der Waals surface area contributed by atoms with Crippen molar-refractivity contribution in [1.29, 1.82) is 0 Å². The Labute approximate surface area is 107 Å². The molecule has 0 aliphatic heterocycles. The Bertz CT molecular complexity index is 371. The summed E-state index contributed by atoms with van der Waals surface area (Å²) in [5.41, 5.74) is 0. The molecule has 0 aromatic carbocycles. The molecule has 1 amide bonds. The molecule has 17 heavy (non-hydrogen) atoms. The van der Waals surface area contributed by atoms with E-state index in [0.717, 1.165) is 0 Å². The van der Waals surface area contributed by atoms with Crippen LogP contribution in [0.4, 0.5) is 8.78 Å². The predicted molar refractivity (Wildman–Crippen MR) is 67.0 cm³/mol. The van der Waals surface area contributed by atoms with E-state index in [-0.39, 0.29) is 11.9 Å². The highest BCUT2D eigenvalue weighted by atomic mass is 32.2. The summed E-state index contributed by atoms with van der Waals surface area (Å²) < 4.78 is 24.5. The van der Waals surface area contributed by atoms with Gasteiger partial charge < -0.3 is 10.6 Å². The second-order valence-electron chi connectivity index (χ2n) is 3.39. The number of thioether (sulfide) groups is 1. The molecule has 96 valence electrons. The van der Waals surface area contributed by atoms with Crippen LogP contribution in [0.25, 0.3) is 0 Å². The Balaban J connectivity index is 2.59. The molecule has 0 saturated carbocycles. The van der Waals surface area contributed by atoms with Crippen LogP contribution in [0.2, 0.25) is 0 Å². The van der Waals surface area contributed by atoms with E-state index in [1.54, 1.807) is 12.4 Å². The summed E-state index contributed by atoms with van der Waals surface area (Å²) in [6.45, 7) is 2.38. The summed E-state index contributed by atoms with van der Waals surface area (Å²) in [5, 5.41) is 7.32. The van der Waals surface area contributed by atoms with E-state index >= 15 is 0 Å². The van der Waals surface area contributed by atoms with Crippen molar-refractivity contribution in [3.8, 4) is 0 Å². The molecule has 7 heteroatoms. The van der Waals surface area contributed by atoms with Crippen LogP contribution in [0.5, 0.6) is 0 Å². The van der Waals surface area contributed by atoms with Crippen molar-refractivity contribution >= 4 is 29.0 Å². The zero-order valence-corrected chi connectivity index (χ0v) is 11.1. The van der Waals surface area contributed by atoms with E-state index in [1.807, 2.05) is 6.92 Å². The lowest BCUT2D eigenvalue weighted by Crippen LogP contribution is -2.37. The lowest BCUT2D eigenvalue weighted by atomic mass is 10.3. The molecule has 1 atom stereocenters. The smallest absolute Gasteiger partial charge is 0.288 e. The number of carbonyl (C=O) groups is 1. The lowest BCUT2D eigenvalue weighted by molar-refractivity contribution is 0.0952. The van der Waals surface area contributed by atoms with Gasteiger partial charge in [-0.25, -0.2) is 0 Å². The summed E-state index contributed by atoms with van der Waals surface area (Å²) in [5.74, 6) is -2.81. The molecule has 0 aliphatic carbocycles. The first-order chi connectivity index (χ1) is 8.04. The zero-order valence-electron chi connectivity index (χ0n) is 9.50. The SMILES string of the molecule is CNC(C)CNC(=O)c1sccc1SC(F)F. The number of hydrogen-bond acceptors (Lipinski definition) is 4. The van der Waals surface area contributed by atoms with Crippen LogP contribution in [0.1, 0.15) is 16.6 Å². The van der Waals surface area contributed by atoms with E-state index in [2.05, 4.69) is 10.6 Å². The van der Waals surface area contributed by atoms with Crippen molar-refractivity contribution in [3.05, 3.63) is 16.3 Å². The minimum Gasteiger partial charge on any atom is -0.350 e. The van der Waals surface area contributed by atoms with Gasteiger partial charge in [0.15, 0.2) is 0 Å². The number of amides is 1. The van der Waals surface area contributed by atoms with Crippen molar-refractivity contribution in [2.45, 2.75) is 23.6 Å². The maximum atomic E-state index is 12.2. The van der Waals surface area contributed by atoms with E-state index < -0.39 is 5.76 Å². The molecular formula is C10H14F2N2OS2. The number of rotatable bonds is 6.